The molecule has 0 aliphatic rings. The third kappa shape index (κ3) is 7.66. The van der Waals surface area contributed by atoms with Gasteiger partial charge in [-0.15, -0.1) is 0 Å². The Morgan fingerprint density at radius 2 is 1.97 bits per heavy atom. The Balaban J connectivity index is 1.98. The molecule has 0 saturated carbocycles. The van der Waals surface area contributed by atoms with E-state index in [2.05, 4.69) is 36.4 Å². The van der Waals surface area contributed by atoms with Crippen LogP contribution >= 0.6 is 27.7 Å². The van der Waals surface area contributed by atoms with Crippen LogP contribution in [0.5, 0.6) is 11.5 Å². The maximum Gasteiger partial charge on any atom is 0.250 e. The summed E-state index contributed by atoms with van der Waals surface area (Å²) in [5, 5.41) is 4.60. The van der Waals surface area contributed by atoms with Gasteiger partial charge in [-0.1, -0.05) is 11.8 Å². The molecule has 2 rings (SSSR count). The third-order valence-corrected chi connectivity index (χ3v) is 4.82. The van der Waals surface area contributed by atoms with Gasteiger partial charge in [-0.25, -0.2) is 15.4 Å². The van der Waals surface area contributed by atoms with Crippen LogP contribution in [0.2, 0.25) is 0 Å². The summed E-state index contributed by atoms with van der Waals surface area (Å²) in [6, 6.07) is 5.56. The zero-order chi connectivity index (χ0) is 21.4. The summed E-state index contributed by atoms with van der Waals surface area (Å²) in [7, 11) is 0. The van der Waals surface area contributed by atoms with E-state index in [-0.39, 0.29) is 17.8 Å². The van der Waals surface area contributed by atoms with Crippen LogP contribution in [0.1, 0.15) is 37.7 Å². The number of hydrazone groups is 1. The minimum absolute atomic E-state index is 0.0166. The second-order valence-corrected chi connectivity index (χ2v) is 8.24. The van der Waals surface area contributed by atoms with Crippen molar-refractivity contribution in [2.24, 2.45) is 5.10 Å². The number of thioether (sulfide) groups is 1. The lowest BCUT2D eigenvalue weighted by atomic mass is 10.2. The molecule has 0 spiro atoms. The van der Waals surface area contributed by atoms with Gasteiger partial charge in [-0.05, 0) is 74.3 Å². The molecule has 0 radical (unpaired) electrons. The Hall–Kier alpha value is -2.13. The Morgan fingerprint density at radius 3 is 2.59 bits per heavy atom. The van der Waals surface area contributed by atoms with Crippen molar-refractivity contribution in [1.29, 1.82) is 0 Å². The molecule has 0 saturated heterocycles. The van der Waals surface area contributed by atoms with Crippen molar-refractivity contribution in [3.05, 3.63) is 39.6 Å². The fourth-order valence-electron chi connectivity index (χ4n) is 2.37. The predicted octanol–water partition coefficient (Wildman–Crippen LogP) is 4.28. The second kappa shape index (κ2) is 11.2. The van der Waals surface area contributed by atoms with Crippen molar-refractivity contribution in [3.63, 3.8) is 0 Å². The van der Waals surface area contributed by atoms with Gasteiger partial charge in [0.2, 0.25) is 0 Å². The van der Waals surface area contributed by atoms with E-state index in [9.17, 15) is 4.79 Å². The number of nitrogens with one attached hydrogen (secondary N) is 1. The van der Waals surface area contributed by atoms with Crippen LogP contribution in [0, 0.1) is 13.8 Å². The number of benzene rings is 1. The van der Waals surface area contributed by atoms with E-state index >= 15 is 0 Å². The van der Waals surface area contributed by atoms with E-state index in [4.69, 9.17) is 9.47 Å². The average Bonchev–Trinajstić information content (AvgIpc) is 2.62. The first-order valence-electron chi connectivity index (χ1n) is 9.18. The smallest absolute Gasteiger partial charge is 0.250 e. The van der Waals surface area contributed by atoms with Crippen molar-refractivity contribution in [3.8, 4) is 11.5 Å². The predicted molar refractivity (Wildman–Crippen MR) is 119 cm³/mol. The van der Waals surface area contributed by atoms with Gasteiger partial charge >= 0.3 is 0 Å². The van der Waals surface area contributed by atoms with Crippen molar-refractivity contribution in [2.45, 2.75) is 45.9 Å². The molecule has 1 N–H and O–H groups in total. The minimum Gasteiger partial charge on any atom is -0.490 e. The maximum absolute atomic E-state index is 12.0. The van der Waals surface area contributed by atoms with E-state index in [0.717, 1.165) is 21.4 Å². The molecule has 0 unspecified atom stereocenters. The van der Waals surface area contributed by atoms with Crippen molar-refractivity contribution in [2.75, 3.05) is 12.4 Å². The number of carbonyl (C=O) groups excluding carboxylic acids is 1. The van der Waals surface area contributed by atoms with E-state index in [0.29, 0.717) is 23.3 Å². The van der Waals surface area contributed by atoms with Gasteiger partial charge in [-0.3, -0.25) is 4.79 Å². The topological polar surface area (TPSA) is 85.7 Å². The maximum atomic E-state index is 12.0. The Labute approximate surface area is 183 Å². The van der Waals surface area contributed by atoms with Crippen LogP contribution in [0.3, 0.4) is 0 Å². The van der Waals surface area contributed by atoms with Crippen molar-refractivity contribution < 1.29 is 14.3 Å². The summed E-state index contributed by atoms with van der Waals surface area (Å²) in [5.41, 5.74) is 5.03. The minimum atomic E-state index is -0.238. The highest BCUT2D eigenvalue weighted by Crippen LogP contribution is 2.37. The van der Waals surface area contributed by atoms with Crippen molar-refractivity contribution >= 4 is 39.8 Å². The lowest BCUT2D eigenvalue weighted by Crippen LogP contribution is -2.19. The summed E-state index contributed by atoms with van der Waals surface area (Å²) in [6.45, 7) is 10.1. The van der Waals surface area contributed by atoms with E-state index < -0.39 is 0 Å². The molecule has 1 aromatic heterocycles. The highest BCUT2D eigenvalue weighted by atomic mass is 79.9. The number of amides is 1. The number of halogens is 1. The number of carbonyl (C=O) groups is 1. The molecule has 2 aromatic rings. The highest BCUT2D eigenvalue weighted by molar-refractivity contribution is 9.10. The molecule has 0 fully saturated rings. The molecule has 0 aliphatic carbocycles. The molecule has 1 amide bonds. The van der Waals surface area contributed by atoms with Gasteiger partial charge in [-0.2, -0.15) is 5.10 Å². The Bertz CT molecular complexity index is 870. The molecule has 0 atom stereocenters. The summed E-state index contributed by atoms with van der Waals surface area (Å²) >= 11 is 4.78. The van der Waals surface area contributed by atoms with Gasteiger partial charge in [0.15, 0.2) is 16.7 Å². The molecular formula is C20H25BrN4O3S. The zero-order valence-corrected chi connectivity index (χ0v) is 19.6. The van der Waals surface area contributed by atoms with Crippen LogP contribution in [0.25, 0.3) is 0 Å². The number of aryl methyl sites for hydroxylation is 2. The van der Waals surface area contributed by atoms with Crippen LogP contribution in [0.15, 0.2) is 32.9 Å². The number of ether oxygens (including phenoxy) is 2. The lowest BCUT2D eigenvalue weighted by Gasteiger charge is -2.16. The summed E-state index contributed by atoms with van der Waals surface area (Å²) in [4.78, 5) is 20.6. The molecule has 1 heterocycles. The van der Waals surface area contributed by atoms with Crippen LogP contribution in [-0.2, 0) is 4.79 Å². The van der Waals surface area contributed by atoms with Gasteiger partial charge in [0.1, 0.15) is 0 Å². The number of hydrogen-bond donors (Lipinski definition) is 1. The second-order valence-electron chi connectivity index (χ2n) is 6.44. The van der Waals surface area contributed by atoms with Crippen LogP contribution in [-0.4, -0.2) is 40.6 Å². The zero-order valence-electron chi connectivity index (χ0n) is 17.2. The summed E-state index contributed by atoms with van der Waals surface area (Å²) in [5.74, 6) is 1.20. The molecule has 9 heteroatoms. The van der Waals surface area contributed by atoms with Crippen LogP contribution in [0.4, 0.5) is 0 Å². The van der Waals surface area contributed by atoms with Gasteiger partial charge < -0.3 is 9.47 Å². The monoisotopic (exact) mass is 480 g/mol. The number of aromatic nitrogens is 2. The van der Waals surface area contributed by atoms with E-state index in [1.807, 2.05) is 52.8 Å². The number of nitrogens with zero attached hydrogens (tertiary/aromatic N) is 3. The first kappa shape index (κ1) is 23.2. The molecule has 1 aromatic carbocycles. The molecule has 156 valence electrons. The SMILES string of the molecule is CCOc1cc(/C=N\NC(=O)CSc2nc(C)cc(C)n2)cc(Br)c1OC(C)C. The molecule has 29 heavy (non-hydrogen) atoms. The van der Waals surface area contributed by atoms with Gasteiger partial charge in [0.05, 0.1) is 29.2 Å². The van der Waals surface area contributed by atoms with Gasteiger partial charge in [0.25, 0.3) is 5.91 Å². The number of hydrogen-bond acceptors (Lipinski definition) is 7. The Morgan fingerprint density at radius 1 is 1.28 bits per heavy atom. The van der Waals surface area contributed by atoms with Crippen molar-refractivity contribution in [1.82, 2.24) is 15.4 Å². The fraction of sp³-hybridized carbons (Fsp3) is 0.400. The normalized spacial score (nSPS) is 11.1. The standard InChI is InChI=1S/C20H25BrN4O3S/c1-6-27-17-9-15(8-16(21)19(17)28-12(2)3)10-22-25-18(26)11-29-20-23-13(4)7-14(5)24-20/h7-10,12H,6,11H2,1-5H3,(H,25,26)/b22-10-. The first-order valence-corrected chi connectivity index (χ1v) is 11.0. The fourth-order valence-corrected chi connectivity index (χ4v) is 3.67. The highest BCUT2D eigenvalue weighted by Gasteiger charge is 2.13. The lowest BCUT2D eigenvalue weighted by molar-refractivity contribution is -0.118. The number of rotatable bonds is 9. The largest absolute Gasteiger partial charge is 0.490 e. The first-order chi connectivity index (χ1) is 13.8. The van der Waals surface area contributed by atoms with E-state index in [1.54, 1.807) is 6.21 Å². The summed E-state index contributed by atoms with van der Waals surface area (Å²) in [6.07, 6.45) is 1.57. The van der Waals surface area contributed by atoms with Gasteiger partial charge in [0, 0.05) is 11.4 Å². The third-order valence-electron chi connectivity index (χ3n) is 3.38. The molecule has 0 bridgehead atoms. The summed E-state index contributed by atoms with van der Waals surface area (Å²) < 4.78 is 12.2. The molecule has 7 nitrogen and oxygen atoms in total. The molecule has 0 aliphatic heterocycles. The van der Waals surface area contributed by atoms with Crippen LogP contribution < -0.4 is 14.9 Å². The quantitative estimate of drug-likeness (QED) is 0.249. The van der Waals surface area contributed by atoms with E-state index in [1.165, 1.54) is 11.8 Å². The molecular weight excluding hydrogens is 456 g/mol. The Kier molecular flexibility index (Phi) is 8.91. The average molecular weight is 481 g/mol.